The fourth-order valence-corrected chi connectivity index (χ4v) is 4.33. The summed E-state index contributed by atoms with van der Waals surface area (Å²) in [5, 5.41) is 8.12. The van der Waals surface area contributed by atoms with Crippen LogP contribution in [0.2, 0.25) is 5.02 Å². The third-order valence-corrected chi connectivity index (χ3v) is 6.21. The average Bonchev–Trinajstić information content (AvgIpc) is 3.44. The molecule has 0 spiro atoms. The van der Waals surface area contributed by atoms with Gasteiger partial charge in [-0.1, -0.05) is 29.8 Å². The van der Waals surface area contributed by atoms with E-state index in [4.69, 9.17) is 21.4 Å². The molecule has 34 heavy (non-hydrogen) atoms. The Hall–Kier alpha value is -3.81. The fraction of sp³-hybridized carbons (Fsp3) is 0.0385. The molecule has 0 saturated carbocycles. The number of methoxy groups -OCH3 is 1. The third-order valence-electron chi connectivity index (χ3n) is 5.14. The molecule has 0 aliphatic carbocycles. The lowest BCUT2D eigenvalue weighted by atomic mass is 10.1. The summed E-state index contributed by atoms with van der Waals surface area (Å²) < 4.78 is 7.13. The van der Waals surface area contributed by atoms with Crippen molar-refractivity contribution >= 4 is 46.2 Å². The molecule has 1 aliphatic heterocycles. The second-order valence-electron chi connectivity index (χ2n) is 7.40. The zero-order valence-corrected chi connectivity index (χ0v) is 19.7. The topological polar surface area (TPSA) is 68.5 Å². The van der Waals surface area contributed by atoms with Crippen LogP contribution >= 0.6 is 23.4 Å². The van der Waals surface area contributed by atoms with Crippen molar-refractivity contribution in [2.45, 2.75) is 0 Å². The molecule has 1 aromatic heterocycles. The van der Waals surface area contributed by atoms with Gasteiger partial charge in [0.15, 0.2) is 0 Å². The molecule has 1 aliphatic rings. The van der Waals surface area contributed by atoms with E-state index < -0.39 is 0 Å². The number of para-hydroxylation sites is 1. The molecule has 4 aromatic rings. The molecule has 1 saturated heterocycles. The Morgan fingerprint density at radius 3 is 2.47 bits per heavy atom. The highest BCUT2D eigenvalue weighted by molar-refractivity contribution is 8.18. The molecular formula is C26H19ClN4O2S. The van der Waals surface area contributed by atoms with Gasteiger partial charge in [0.2, 0.25) is 0 Å². The normalized spacial score (nSPS) is 15.6. The minimum absolute atomic E-state index is 0.180. The van der Waals surface area contributed by atoms with Gasteiger partial charge in [0.1, 0.15) is 11.6 Å². The monoisotopic (exact) mass is 486 g/mol. The van der Waals surface area contributed by atoms with Gasteiger partial charge in [-0.3, -0.25) is 4.79 Å². The predicted molar refractivity (Wildman–Crippen MR) is 138 cm³/mol. The number of hydrogen-bond acceptors (Lipinski definition) is 5. The van der Waals surface area contributed by atoms with Gasteiger partial charge in [-0.15, -0.1) is 0 Å². The number of carbonyl (C=O) groups excluding carboxylic acids is 1. The number of aromatic nitrogens is 2. The van der Waals surface area contributed by atoms with Crippen LogP contribution in [0.15, 0.2) is 95.0 Å². The smallest absolute Gasteiger partial charge is 0.289 e. The van der Waals surface area contributed by atoms with Crippen LogP contribution in [-0.2, 0) is 0 Å². The number of benzene rings is 3. The van der Waals surface area contributed by atoms with Crippen molar-refractivity contribution in [3.05, 3.63) is 101 Å². The summed E-state index contributed by atoms with van der Waals surface area (Å²) in [4.78, 5) is 17.5. The van der Waals surface area contributed by atoms with Gasteiger partial charge >= 0.3 is 0 Å². The number of nitrogens with zero attached hydrogens (tertiary/aromatic N) is 3. The summed E-state index contributed by atoms with van der Waals surface area (Å²) in [6, 6.07) is 24.7. The summed E-state index contributed by atoms with van der Waals surface area (Å²) in [7, 11) is 1.64. The van der Waals surface area contributed by atoms with Gasteiger partial charge in [-0.2, -0.15) is 5.10 Å². The van der Waals surface area contributed by atoms with Crippen molar-refractivity contribution in [1.82, 2.24) is 15.1 Å². The van der Waals surface area contributed by atoms with Crippen molar-refractivity contribution in [1.29, 1.82) is 0 Å². The SMILES string of the molecule is COc1ccc(-c2nn(-c3ccccc3)cc2C=C2SC(=O)NC2=Nc2ccc(Cl)cc2)cc1. The van der Waals surface area contributed by atoms with Gasteiger partial charge < -0.3 is 10.1 Å². The van der Waals surface area contributed by atoms with Crippen LogP contribution in [-0.4, -0.2) is 28.0 Å². The van der Waals surface area contributed by atoms with Gasteiger partial charge in [-0.25, -0.2) is 9.67 Å². The van der Waals surface area contributed by atoms with Gasteiger partial charge in [0, 0.05) is 22.3 Å². The highest BCUT2D eigenvalue weighted by Crippen LogP contribution is 2.33. The molecule has 5 rings (SSSR count). The minimum atomic E-state index is -0.180. The number of nitrogens with one attached hydrogen (secondary N) is 1. The van der Waals surface area contributed by atoms with E-state index in [-0.39, 0.29) is 5.24 Å². The number of amides is 1. The molecule has 8 heteroatoms. The predicted octanol–water partition coefficient (Wildman–Crippen LogP) is 6.73. The van der Waals surface area contributed by atoms with E-state index in [1.807, 2.05) is 71.6 Å². The van der Waals surface area contributed by atoms with Crippen LogP contribution in [0, 0.1) is 0 Å². The van der Waals surface area contributed by atoms with Crippen LogP contribution in [0.1, 0.15) is 5.56 Å². The van der Waals surface area contributed by atoms with Crippen molar-refractivity contribution < 1.29 is 9.53 Å². The van der Waals surface area contributed by atoms with Crippen molar-refractivity contribution in [3.63, 3.8) is 0 Å². The average molecular weight is 487 g/mol. The van der Waals surface area contributed by atoms with Gasteiger partial charge in [0.25, 0.3) is 5.24 Å². The maximum atomic E-state index is 12.2. The Balaban J connectivity index is 1.60. The highest BCUT2D eigenvalue weighted by atomic mass is 35.5. The Morgan fingerprint density at radius 1 is 1.03 bits per heavy atom. The van der Waals surface area contributed by atoms with Crippen molar-refractivity contribution in [2.24, 2.45) is 4.99 Å². The Labute approximate surface area is 205 Å². The molecule has 0 radical (unpaired) electrons. The summed E-state index contributed by atoms with van der Waals surface area (Å²) in [6.45, 7) is 0. The number of hydrogen-bond donors (Lipinski definition) is 1. The first-order chi connectivity index (χ1) is 16.6. The summed E-state index contributed by atoms with van der Waals surface area (Å²) >= 11 is 7.09. The van der Waals surface area contributed by atoms with E-state index in [1.54, 1.807) is 31.4 Å². The van der Waals surface area contributed by atoms with Gasteiger partial charge in [0.05, 0.1) is 29.1 Å². The molecule has 0 unspecified atom stereocenters. The second-order valence-corrected chi connectivity index (χ2v) is 8.85. The van der Waals surface area contributed by atoms with Crippen molar-refractivity contribution in [3.8, 4) is 22.7 Å². The fourth-order valence-electron chi connectivity index (χ4n) is 3.48. The lowest BCUT2D eigenvalue weighted by Crippen LogP contribution is -2.18. The number of amidine groups is 1. The van der Waals surface area contributed by atoms with Crippen LogP contribution < -0.4 is 10.1 Å². The molecule has 0 bridgehead atoms. The third kappa shape index (κ3) is 4.76. The maximum absolute atomic E-state index is 12.2. The molecule has 2 heterocycles. The van der Waals surface area contributed by atoms with E-state index in [9.17, 15) is 4.79 Å². The second kappa shape index (κ2) is 9.59. The number of aliphatic imine (C=N–C) groups is 1. The minimum Gasteiger partial charge on any atom is -0.497 e. The van der Waals surface area contributed by atoms with E-state index in [2.05, 4.69) is 10.3 Å². The number of carbonyl (C=O) groups is 1. The van der Waals surface area contributed by atoms with E-state index in [1.165, 1.54) is 0 Å². The molecule has 6 nitrogen and oxygen atoms in total. The lowest BCUT2D eigenvalue weighted by molar-refractivity contribution is 0.265. The van der Waals surface area contributed by atoms with Crippen molar-refractivity contribution in [2.75, 3.05) is 7.11 Å². The quantitative estimate of drug-likeness (QED) is 0.339. The number of thioether (sulfide) groups is 1. The molecule has 168 valence electrons. The van der Waals surface area contributed by atoms with Crippen LogP contribution in [0.25, 0.3) is 23.0 Å². The molecular weight excluding hydrogens is 468 g/mol. The molecule has 1 N–H and O–H groups in total. The summed E-state index contributed by atoms with van der Waals surface area (Å²) in [5.41, 5.74) is 4.20. The standard InChI is InChI=1S/C26H19ClN4O2S/c1-33-22-13-7-17(8-14-22)24-18(16-31(30-24)21-5-3-2-4-6-21)15-23-25(29-26(32)34-23)28-20-11-9-19(27)10-12-20/h2-16H,1H3,(H,28,29,32). The molecule has 3 aromatic carbocycles. The van der Waals surface area contributed by atoms with Crippen LogP contribution in [0.4, 0.5) is 10.5 Å². The zero-order valence-electron chi connectivity index (χ0n) is 18.1. The molecule has 0 atom stereocenters. The molecule has 1 amide bonds. The van der Waals surface area contributed by atoms with E-state index in [0.717, 1.165) is 40.0 Å². The van der Waals surface area contributed by atoms with Crippen LogP contribution in [0.5, 0.6) is 5.75 Å². The number of halogens is 1. The lowest BCUT2D eigenvalue weighted by Gasteiger charge is -2.03. The van der Waals surface area contributed by atoms with E-state index >= 15 is 0 Å². The number of rotatable bonds is 5. The first-order valence-electron chi connectivity index (χ1n) is 10.4. The van der Waals surface area contributed by atoms with Crippen LogP contribution in [0.3, 0.4) is 0 Å². The zero-order chi connectivity index (χ0) is 23.5. The number of ether oxygens (including phenoxy) is 1. The first kappa shape index (κ1) is 22.0. The Bertz CT molecular complexity index is 1400. The van der Waals surface area contributed by atoms with Gasteiger partial charge in [-0.05, 0) is 78.5 Å². The largest absolute Gasteiger partial charge is 0.497 e. The maximum Gasteiger partial charge on any atom is 0.289 e. The Morgan fingerprint density at radius 2 is 1.76 bits per heavy atom. The Kier molecular flexibility index (Phi) is 6.20. The van der Waals surface area contributed by atoms with E-state index in [0.29, 0.717) is 21.5 Å². The summed E-state index contributed by atoms with van der Waals surface area (Å²) in [5.74, 6) is 1.26. The molecule has 1 fully saturated rings. The highest BCUT2D eigenvalue weighted by Gasteiger charge is 2.25. The summed E-state index contributed by atoms with van der Waals surface area (Å²) in [6.07, 6.45) is 3.88. The first-order valence-corrected chi connectivity index (χ1v) is 11.6.